The molecule has 0 aliphatic carbocycles. The molecule has 1 aromatic carbocycles. The Morgan fingerprint density at radius 3 is 2.62 bits per heavy atom. The highest BCUT2D eigenvalue weighted by atomic mass is 35.5. The summed E-state index contributed by atoms with van der Waals surface area (Å²) in [6.07, 6.45) is 1.58. The molecule has 50 heavy (non-hydrogen) atoms. The fourth-order valence-electron chi connectivity index (χ4n) is 6.58. The van der Waals surface area contributed by atoms with Crippen LogP contribution in [-0.2, 0) is 41.6 Å². The molecule has 4 bridgehead atoms. The summed E-state index contributed by atoms with van der Waals surface area (Å²) < 4.78 is 17.8. The van der Waals surface area contributed by atoms with E-state index in [1.165, 1.54) is 30.8 Å². The van der Waals surface area contributed by atoms with Crippen LogP contribution in [-0.4, -0.2) is 106 Å². The summed E-state index contributed by atoms with van der Waals surface area (Å²) in [5, 5.41) is 34.7. The Labute approximate surface area is 303 Å². The zero-order chi connectivity index (χ0) is 37.1. The molecular formula is C35H48ClN3O10S. The Morgan fingerprint density at radius 2 is 1.98 bits per heavy atom. The number of epoxide rings is 1. The highest BCUT2D eigenvalue weighted by Gasteiger charge is 2.64. The molecule has 276 valence electrons. The molecule has 1 aromatic rings. The number of carbonyl (C=O) groups excluding carboxylic acids is 4. The van der Waals surface area contributed by atoms with Crippen molar-refractivity contribution in [2.75, 3.05) is 31.4 Å². The van der Waals surface area contributed by atoms with Crippen molar-refractivity contribution in [3.63, 3.8) is 0 Å². The minimum atomic E-state index is -1.86. The minimum Gasteiger partial charge on any atom is -0.457 e. The maximum atomic E-state index is 14.0. The van der Waals surface area contributed by atoms with Gasteiger partial charge in [0.1, 0.15) is 23.9 Å². The first-order valence-corrected chi connectivity index (χ1v) is 17.6. The molecule has 4 N–H and O–H groups in total. The van der Waals surface area contributed by atoms with Gasteiger partial charge in [0.15, 0.2) is 5.72 Å². The van der Waals surface area contributed by atoms with Crippen LogP contribution in [0.3, 0.4) is 0 Å². The maximum Gasteiger partial charge on any atom is 0.409 e. The predicted molar refractivity (Wildman–Crippen MR) is 189 cm³/mol. The lowest BCUT2D eigenvalue weighted by Gasteiger charge is -2.42. The standard InChI is InChI=1S/C35H48ClN3O10S/c1-19-8-7-9-24(18-41)35(46)16-26(47-33(45)37-35)20(2)31-34(4,49-31)27(48-32(44)21(3)38(5)28(42)10-11-50)15-29(43)39(6)25-14-22(12-19)13-23(17-40)30(25)36/h7-9,13-14,20-21,24,26-27,31,40-41,46,50H,10-12,15-18H2,1-6H3,(H,37,45)/b9-7+,19-8+/t20-,21+,24+,26+,27+,31+,34+,35+/m1/s1. The Kier molecular flexibility index (Phi) is 12.7. The maximum absolute atomic E-state index is 14.0. The van der Waals surface area contributed by atoms with E-state index < -0.39 is 72.1 Å². The van der Waals surface area contributed by atoms with Crippen LogP contribution in [0, 0.1) is 11.8 Å². The number of alkyl carbamates (subject to hydrolysis) is 1. The largest absolute Gasteiger partial charge is 0.457 e. The molecule has 3 aliphatic heterocycles. The molecule has 3 amide bonds. The van der Waals surface area contributed by atoms with Crippen LogP contribution >= 0.6 is 24.2 Å². The number of anilines is 1. The first kappa shape index (κ1) is 39.6. The highest BCUT2D eigenvalue weighted by Crippen LogP contribution is 2.49. The third-order valence-corrected chi connectivity index (χ3v) is 10.7. The van der Waals surface area contributed by atoms with E-state index in [1.54, 1.807) is 44.2 Å². The number of hydrogen-bond acceptors (Lipinski definition) is 11. The summed E-state index contributed by atoms with van der Waals surface area (Å²) in [6.45, 7) is 5.99. The van der Waals surface area contributed by atoms with Gasteiger partial charge in [-0.25, -0.2) is 9.59 Å². The molecule has 13 nitrogen and oxygen atoms in total. The highest BCUT2D eigenvalue weighted by molar-refractivity contribution is 7.80. The average Bonchev–Trinajstić information content (AvgIpc) is 3.76. The summed E-state index contributed by atoms with van der Waals surface area (Å²) in [5.74, 6) is -2.70. The third kappa shape index (κ3) is 8.48. The van der Waals surface area contributed by atoms with Gasteiger partial charge < -0.3 is 39.3 Å². The molecule has 2 fully saturated rings. The zero-order valence-electron chi connectivity index (χ0n) is 29.2. The SMILES string of the molecule is C/C1=C\C=C\[C@@H](CO)[C@@]2(O)C[C@H](OC(=O)N2)[C@@H](C)[C@@H]2O[C@@]2(C)[C@@H](OC(=O)[C@H](C)N(C)C(=O)CCS)CC(=O)N(C)c2cc(cc(CO)c2Cl)C1. The average molecular weight is 738 g/mol. The molecule has 4 rings (SSSR count). The van der Waals surface area contributed by atoms with Gasteiger partial charge in [0.2, 0.25) is 11.8 Å². The van der Waals surface area contributed by atoms with Gasteiger partial charge in [-0.05, 0) is 50.1 Å². The van der Waals surface area contributed by atoms with Gasteiger partial charge in [0.25, 0.3) is 0 Å². The first-order valence-electron chi connectivity index (χ1n) is 16.6. The van der Waals surface area contributed by atoms with Crippen LogP contribution in [0.4, 0.5) is 10.5 Å². The van der Waals surface area contributed by atoms with E-state index in [0.29, 0.717) is 23.4 Å². The number of ether oxygens (including phenoxy) is 3. The topological polar surface area (TPSA) is 178 Å². The number of nitrogens with one attached hydrogen (secondary N) is 1. The molecule has 8 atom stereocenters. The second-order valence-corrected chi connectivity index (χ2v) is 14.5. The second kappa shape index (κ2) is 16.0. The Morgan fingerprint density at radius 1 is 1.28 bits per heavy atom. The van der Waals surface area contributed by atoms with Crippen molar-refractivity contribution in [2.24, 2.45) is 11.8 Å². The smallest absolute Gasteiger partial charge is 0.409 e. The van der Waals surface area contributed by atoms with Crippen LogP contribution in [0.2, 0.25) is 5.02 Å². The van der Waals surface area contributed by atoms with Crippen molar-refractivity contribution in [3.05, 3.63) is 52.1 Å². The monoisotopic (exact) mass is 737 g/mol. The van der Waals surface area contributed by atoms with Gasteiger partial charge in [-0.15, -0.1) is 0 Å². The van der Waals surface area contributed by atoms with Gasteiger partial charge in [0, 0.05) is 38.8 Å². The Hall–Kier alpha value is -3.14. The molecule has 0 saturated carbocycles. The number of aliphatic hydroxyl groups excluding tert-OH is 2. The molecular weight excluding hydrogens is 690 g/mol. The van der Waals surface area contributed by atoms with Crippen LogP contribution in [0.15, 0.2) is 35.9 Å². The lowest BCUT2D eigenvalue weighted by molar-refractivity contribution is -0.161. The van der Waals surface area contributed by atoms with Crippen LogP contribution in [0.1, 0.15) is 58.1 Å². The Bertz CT molecular complexity index is 1540. The van der Waals surface area contributed by atoms with Crippen molar-refractivity contribution in [2.45, 2.75) is 95.7 Å². The molecule has 2 saturated heterocycles. The molecule has 0 radical (unpaired) electrons. The zero-order valence-corrected chi connectivity index (χ0v) is 30.9. The quantitative estimate of drug-likeness (QED) is 0.159. The normalized spacial score (nSPS) is 32.4. The van der Waals surface area contributed by atoms with Crippen LogP contribution in [0.5, 0.6) is 0 Å². The van der Waals surface area contributed by atoms with Crippen molar-refractivity contribution >= 4 is 53.8 Å². The van der Waals surface area contributed by atoms with E-state index in [0.717, 1.165) is 11.1 Å². The van der Waals surface area contributed by atoms with Crippen molar-refractivity contribution in [3.8, 4) is 0 Å². The number of carbonyl (C=O) groups is 4. The lowest BCUT2D eigenvalue weighted by Crippen LogP contribution is -2.62. The number of aliphatic hydroxyl groups is 3. The van der Waals surface area contributed by atoms with E-state index in [-0.39, 0.29) is 36.8 Å². The van der Waals surface area contributed by atoms with E-state index >= 15 is 0 Å². The Balaban J connectivity index is 1.78. The number of hydrogen-bond donors (Lipinski definition) is 5. The number of rotatable bonds is 7. The molecule has 0 spiro atoms. The molecule has 0 unspecified atom stereocenters. The minimum absolute atomic E-state index is 0.0937. The summed E-state index contributed by atoms with van der Waals surface area (Å²) in [6, 6.07) is 2.49. The number of allylic oxidation sites excluding steroid dienone is 3. The second-order valence-electron chi connectivity index (χ2n) is 13.6. The number of nitrogens with zero attached hydrogens (tertiary/aromatic N) is 2. The number of fused-ring (bicyclic) bond motifs is 5. The summed E-state index contributed by atoms with van der Waals surface area (Å²) in [4.78, 5) is 55.4. The van der Waals surface area contributed by atoms with Crippen LogP contribution < -0.4 is 10.2 Å². The predicted octanol–water partition coefficient (Wildman–Crippen LogP) is 2.91. The van der Waals surface area contributed by atoms with Gasteiger partial charge >= 0.3 is 12.1 Å². The third-order valence-electron chi connectivity index (χ3n) is 10.1. The molecule has 3 heterocycles. The lowest BCUT2D eigenvalue weighted by atomic mass is 9.81. The van der Waals surface area contributed by atoms with E-state index in [9.17, 15) is 34.5 Å². The van der Waals surface area contributed by atoms with Crippen molar-refractivity contribution < 1.29 is 48.7 Å². The fraction of sp³-hybridized carbons (Fsp3) is 0.600. The summed E-state index contributed by atoms with van der Waals surface area (Å²) >= 11 is 10.8. The number of esters is 1. The summed E-state index contributed by atoms with van der Waals surface area (Å²) in [5.41, 5.74) is -0.716. The van der Waals surface area contributed by atoms with Crippen LogP contribution in [0.25, 0.3) is 0 Å². The number of halogens is 1. The number of likely N-dealkylation sites (N-methyl/N-ethyl adjacent to an activating group) is 1. The van der Waals surface area contributed by atoms with E-state index in [1.807, 2.05) is 6.92 Å². The van der Waals surface area contributed by atoms with Crippen molar-refractivity contribution in [1.82, 2.24) is 10.2 Å². The first-order chi connectivity index (χ1) is 23.5. The molecule has 15 heteroatoms. The fourth-order valence-corrected chi connectivity index (χ4v) is 7.07. The number of amides is 3. The molecule has 3 aliphatic rings. The molecule has 0 aromatic heterocycles. The van der Waals surface area contributed by atoms with Gasteiger partial charge in [-0.2, -0.15) is 12.6 Å². The van der Waals surface area contributed by atoms with E-state index in [2.05, 4.69) is 17.9 Å². The van der Waals surface area contributed by atoms with Crippen molar-refractivity contribution in [1.29, 1.82) is 0 Å². The van der Waals surface area contributed by atoms with Gasteiger partial charge in [-0.1, -0.05) is 48.4 Å². The number of thiol groups is 1. The number of benzene rings is 1. The van der Waals surface area contributed by atoms with Gasteiger partial charge in [0.05, 0.1) is 36.4 Å². The van der Waals surface area contributed by atoms with E-state index in [4.69, 9.17) is 25.8 Å². The van der Waals surface area contributed by atoms with Gasteiger partial charge in [-0.3, -0.25) is 14.9 Å². The summed E-state index contributed by atoms with van der Waals surface area (Å²) in [7, 11) is 3.02.